The highest BCUT2D eigenvalue weighted by Crippen LogP contribution is 2.26. The van der Waals surface area contributed by atoms with E-state index in [1.54, 1.807) is 36.7 Å². The molecule has 0 saturated heterocycles. The van der Waals surface area contributed by atoms with Gasteiger partial charge in [-0.3, -0.25) is 4.57 Å². The zero-order valence-electron chi connectivity index (χ0n) is 11.2. The highest BCUT2D eigenvalue weighted by atomic mass is 16.3. The molecule has 0 aliphatic carbocycles. The number of furan rings is 1. The van der Waals surface area contributed by atoms with Crippen LogP contribution in [0, 0.1) is 0 Å². The van der Waals surface area contributed by atoms with Gasteiger partial charge in [0.15, 0.2) is 11.4 Å². The van der Waals surface area contributed by atoms with Crippen LogP contribution in [0.3, 0.4) is 0 Å². The number of hydrogen-bond acceptors (Lipinski definition) is 6. The molecule has 0 fully saturated rings. The van der Waals surface area contributed by atoms with Crippen LogP contribution in [0.25, 0.3) is 22.6 Å². The average molecular weight is 294 g/mol. The summed E-state index contributed by atoms with van der Waals surface area (Å²) in [4.78, 5) is 25.0. The first kappa shape index (κ1) is 12.3. The second-order valence-corrected chi connectivity index (χ2v) is 4.57. The van der Waals surface area contributed by atoms with Crippen molar-refractivity contribution in [1.82, 2.24) is 24.1 Å². The first-order chi connectivity index (χ1) is 10.7. The van der Waals surface area contributed by atoms with Crippen molar-refractivity contribution in [2.45, 2.75) is 0 Å². The standard InChI is InChI=1S/C14H10N6O2/c15-13-17-10(9-4-3-7-22-9)11-12(18-13)20(8-16-11)14(21)19-5-1-2-6-19/h1-8H,(H2,15,17,18). The molecule has 0 aromatic carbocycles. The van der Waals surface area contributed by atoms with Gasteiger partial charge < -0.3 is 10.2 Å². The summed E-state index contributed by atoms with van der Waals surface area (Å²) in [7, 11) is 0. The van der Waals surface area contributed by atoms with E-state index in [1.807, 2.05) is 0 Å². The minimum atomic E-state index is -0.309. The van der Waals surface area contributed by atoms with E-state index in [0.717, 1.165) is 0 Å². The predicted molar refractivity (Wildman–Crippen MR) is 78.1 cm³/mol. The van der Waals surface area contributed by atoms with Crippen molar-refractivity contribution in [3.63, 3.8) is 0 Å². The summed E-state index contributed by atoms with van der Waals surface area (Å²) < 4.78 is 8.08. The Morgan fingerprint density at radius 3 is 2.73 bits per heavy atom. The number of fused-ring (bicyclic) bond motifs is 1. The number of nitrogens with zero attached hydrogens (tertiary/aromatic N) is 5. The van der Waals surface area contributed by atoms with Crippen LogP contribution in [0.2, 0.25) is 0 Å². The molecule has 8 heteroatoms. The van der Waals surface area contributed by atoms with Gasteiger partial charge in [0.2, 0.25) is 5.95 Å². The van der Waals surface area contributed by atoms with E-state index in [2.05, 4.69) is 15.0 Å². The topological polar surface area (TPSA) is 105 Å². The lowest BCUT2D eigenvalue weighted by atomic mass is 10.3. The highest BCUT2D eigenvalue weighted by Gasteiger charge is 2.19. The summed E-state index contributed by atoms with van der Waals surface area (Å²) in [5, 5.41) is 0. The minimum Gasteiger partial charge on any atom is -0.463 e. The number of hydrogen-bond donors (Lipinski definition) is 1. The number of aromatic nitrogens is 5. The van der Waals surface area contributed by atoms with Gasteiger partial charge in [-0.15, -0.1) is 0 Å². The number of nitrogens with two attached hydrogens (primary N) is 1. The minimum absolute atomic E-state index is 0.0426. The SMILES string of the molecule is Nc1nc(-c2ccco2)c2ncn(C(=O)n3cccc3)c2n1. The predicted octanol–water partition coefficient (Wildman–Crippen LogP) is 1.99. The molecule has 4 heterocycles. The van der Waals surface area contributed by atoms with E-state index in [-0.39, 0.29) is 12.0 Å². The smallest absolute Gasteiger partial charge is 0.339 e. The maximum absolute atomic E-state index is 12.5. The molecule has 4 aromatic heterocycles. The molecule has 0 bridgehead atoms. The number of carbonyl (C=O) groups excluding carboxylic acids is 1. The van der Waals surface area contributed by atoms with Gasteiger partial charge in [-0.1, -0.05) is 0 Å². The van der Waals surface area contributed by atoms with E-state index in [0.29, 0.717) is 22.6 Å². The molecule has 4 rings (SSSR count). The fourth-order valence-corrected chi connectivity index (χ4v) is 2.23. The second-order valence-electron chi connectivity index (χ2n) is 4.57. The molecule has 4 aromatic rings. The summed E-state index contributed by atoms with van der Waals surface area (Å²) in [5.74, 6) is 0.554. The lowest BCUT2D eigenvalue weighted by Crippen LogP contribution is -2.17. The molecule has 0 radical (unpaired) electrons. The quantitative estimate of drug-likeness (QED) is 0.575. The van der Waals surface area contributed by atoms with Crippen LogP contribution in [-0.4, -0.2) is 30.1 Å². The normalized spacial score (nSPS) is 11.1. The highest BCUT2D eigenvalue weighted by molar-refractivity contribution is 5.93. The van der Waals surface area contributed by atoms with Crippen LogP contribution >= 0.6 is 0 Å². The van der Waals surface area contributed by atoms with Gasteiger partial charge >= 0.3 is 6.03 Å². The number of rotatable bonds is 1. The summed E-state index contributed by atoms with van der Waals surface area (Å²) in [6.45, 7) is 0. The van der Waals surface area contributed by atoms with Crippen LogP contribution in [0.5, 0.6) is 0 Å². The molecular formula is C14H10N6O2. The maximum Gasteiger partial charge on any atom is 0.339 e. The van der Waals surface area contributed by atoms with E-state index in [4.69, 9.17) is 10.2 Å². The van der Waals surface area contributed by atoms with Gasteiger partial charge in [0.1, 0.15) is 17.5 Å². The van der Waals surface area contributed by atoms with Gasteiger partial charge in [0.05, 0.1) is 6.26 Å². The van der Waals surface area contributed by atoms with Gasteiger partial charge in [-0.05, 0) is 24.3 Å². The molecule has 22 heavy (non-hydrogen) atoms. The lowest BCUT2D eigenvalue weighted by molar-refractivity contribution is 0.244. The van der Waals surface area contributed by atoms with Crippen LogP contribution in [0.1, 0.15) is 0 Å². The molecular weight excluding hydrogens is 284 g/mol. The Kier molecular flexibility index (Phi) is 2.55. The fraction of sp³-hybridized carbons (Fsp3) is 0. The molecule has 108 valence electrons. The average Bonchev–Trinajstić information content (AvgIpc) is 3.26. The number of imidazole rings is 1. The van der Waals surface area contributed by atoms with E-state index < -0.39 is 0 Å². The number of anilines is 1. The maximum atomic E-state index is 12.5. The van der Waals surface area contributed by atoms with Crippen molar-refractivity contribution in [2.24, 2.45) is 0 Å². The van der Waals surface area contributed by atoms with E-state index in [1.165, 1.54) is 21.7 Å². The van der Waals surface area contributed by atoms with Gasteiger partial charge in [0.25, 0.3) is 0 Å². The molecule has 0 aliphatic rings. The van der Waals surface area contributed by atoms with Crippen molar-refractivity contribution in [3.8, 4) is 11.5 Å². The Bertz CT molecular complexity index is 953. The third-order valence-corrected chi connectivity index (χ3v) is 3.20. The second kappa shape index (κ2) is 4.55. The van der Waals surface area contributed by atoms with Gasteiger partial charge in [-0.25, -0.2) is 19.3 Å². The first-order valence-corrected chi connectivity index (χ1v) is 6.46. The van der Waals surface area contributed by atoms with Crippen LogP contribution in [-0.2, 0) is 0 Å². The van der Waals surface area contributed by atoms with Crippen molar-refractivity contribution in [2.75, 3.05) is 5.73 Å². The van der Waals surface area contributed by atoms with E-state index in [9.17, 15) is 4.79 Å². The Hall–Kier alpha value is -3.42. The van der Waals surface area contributed by atoms with Gasteiger partial charge in [0, 0.05) is 12.4 Å². The summed E-state index contributed by atoms with van der Waals surface area (Å²) in [6.07, 6.45) is 6.22. The van der Waals surface area contributed by atoms with Crippen LogP contribution in [0.15, 0.2) is 53.7 Å². The number of nitrogen functional groups attached to an aromatic ring is 1. The van der Waals surface area contributed by atoms with Gasteiger partial charge in [-0.2, -0.15) is 4.98 Å². The Balaban J connectivity index is 1.94. The summed E-state index contributed by atoms with van der Waals surface area (Å²) in [5.41, 5.74) is 6.98. The molecule has 0 aliphatic heterocycles. The molecule has 0 unspecified atom stereocenters. The van der Waals surface area contributed by atoms with Crippen molar-refractivity contribution in [1.29, 1.82) is 0 Å². The monoisotopic (exact) mass is 294 g/mol. The lowest BCUT2D eigenvalue weighted by Gasteiger charge is -2.04. The van der Waals surface area contributed by atoms with Crippen molar-refractivity contribution < 1.29 is 9.21 Å². The summed E-state index contributed by atoms with van der Waals surface area (Å²) in [6, 6.07) is 6.69. The molecule has 0 saturated carbocycles. The zero-order chi connectivity index (χ0) is 15.1. The fourth-order valence-electron chi connectivity index (χ4n) is 2.23. The molecule has 0 atom stereocenters. The molecule has 2 N–H and O–H groups in total. The largest absolute Gasteiger partial charge is 0.463 e. The Morgan fingerprint density at radius 2 is 2.00 bits per heavy atom. The third-order valence-electron chi connectivity index (χ3n) is 3.20. The van der Waals surface area contributed by atoms with E-state index >= 15 is 0 Å². The molecule has 8 nitrogen and oxygen atoms in total. The first-order valence-electron chi connectivity index (χ1n) is 6.46. The molecule has 0 amide bonds. The Morgan fingerprint density at radius 1 is 1.18 bits per heavy atom. The summed E-state index contributed by atoms with van der Waals surface area (Å²) >= 11 is 0. The van der Waals surface area contributed by atoms with Crippen molar-refractivity contribution in [3.05, 3.63) is 49.2 Å². The van der Waals surface area contributed by atoms with Crippen LogP contribution < -0.4 is 5.73 Å². The zero-order valence-corrected chi connectivity index (χ0v) is 11.2. The molecule has 0 spiro atoms. The third kappa shape index (κ3) is 1.78. The van der Waals surface area contributed by atoms with Crippen LogP contribution in [0.4, 0.5) is 10.7 Å². The van der Waals surface area contributed by atoms with Crippen molar-refractivity contribution >= 4 is 23.1 Å². The number of carbonyl (C=O) groups is 1. The Labute approximate surface area is 123 Å².